The first kappa shape index (κ1) is 21.6. The van der Waals surface area contributed by atoms with E-state index in [4.69, 9.17) is 9.47 Å². The van der Waals surface area contributed by atoms with E-state index >= 15 is 0 Å². The van der Waals surface area contributed by atoms with Crippen LogP contribution in [0.15, 0.2) is 48.5 Å². The molecule has 0 saturated heterocycles. The fourth-order valence-corrected chi connectivity index (χ4v) is 3.35. The van der Waals surface area contributed by atoms with Gasteiger partial charge in [-0.1, -0.05) is 0 Å². The highest BCUT2D eigenvalue weighted by molar-refractivity contribution is 7.92. The molecule has 0 saturated carbocycles. The number of nitrogens with one attached hydrogen (secondary N) is 1. The van der Waals surface area contributed by atoms with E-state index in [2.05, 4.69) is 5.32 Å². The van der Waals surface area contributed by atoms with Crippen LogP contribution in [0.4, 0.5) is 11.4 Å². The molecule has 2 aromatic carbocycles. The van der Waals surface area contributed by atoms with Crippen molar-refractivity contribution in [3.8, 4) is 11.5 Å². The van der Waals surface area contributed by atoms with E-state index in [1.54, 1.807) is 48.5 Å². The van der Waals surface area contributed by atoms with E-state index in [-0.39, 0.29) is 12.6 Å². The largest absolute Gasteiger partial charge is 0.494 e. The maximum absolute atomic E-state index is 12.4. The number of nitrogens with zero attached hydrogens (tertiary/aromatic N) is 1. The second-order valence-corrected chi connectivity index (χ2v) is 8.34. The summed E-state index contributed by atoms with van der Waals surface area (Å²) in [6.45, 7) is 5.89. The number of hydrogen-bond acceptors (Lipinski definition) is 5. The molecule has 0 bridgehead atoms. The molecule has 0 radical (unpaired) electrons. The lowest BCUT2D eigenvalue weighted by Crippen LogP contribution is -2.37. The standard InChI is InChI=1S/C20H26N2O5S/c1-5-26-18-12-8-17(9-13-18)22(28(4,24)25)14-20(23)21-16-6-10-19(11-7-16)27-15(2)3/h6-13,15H,5,14H2,1-4H3,(H,21,23). The molecule has 7 nitrogen and oxygen atoms in total. The van der Waals surface area contributed by atoms with Crippen LogP contribution in [0.25, 0.3) is 0 Å². The minimum atomic E-state index is -3.64. The first-order chi connectivity index (χ1) is 13.2. The minimum Gasteiger partial charge on any atom is -0.494 e. The van der Waals surface area contributed by atoms with E-state index in [0.29, 0.717) is 29.5 Å². The van der Waals surface area contributed by atoms with Crippen molar-refractivity contribution in [2.24, 2.45) is 0 Å². The number of carbonyl (C=O) groups is 1. The summed E-state index contributed by atoms with van der Waals surface area (Å²) >= 11 is 0. The lowest BCUT2D eigenvalue weighted by atomic mass is 10.3. The molecular weight excluding hydrogens is 380 g/mol. The minimum absolute atomic E-state index is 0.0536. The third-order valence-corrected chi connectivity index (χ3v) is 4.77. The number of rotatable bonds is 9. The summed E-state index contributed by atoms with van der Waals surface area (Å²) in [6, 6.07) is 13.5. The van der Waals surface area contributed by atoms with Gasteiger partial charge in [0.15, 0.2) is 0 Å². The number of benzene rings is 2. The summed E-state index contributed by atoms with van der Waals surface area (Å²) in [5.74, 6) is 0.879. The molecule has 0 aliphatic rings. The van der Waals surface area contributed by atoms with Crippen molar-refractivity contribution in [2.75, 3.05) is 29.0 Å². The lowest BCUT2D eigenvalue weighted by molar-refractivity contribution is -0.114. The maximum Gasteiger partial charge on any atom is 0.245 e. The highest BCUT2D eigenvalue weighted by atomic mass is 32.2. The predicted octanol–water partition coefficient (Wildman–Crippen LogP) is 3.28. The molecule has 2 rings (SSSR count). The maximum atomic E-state index is 12.4. The monoisotopic (exact) mass is 406 g/mol. The van der Waals surface area contributed by atoms with Crippen molar-refractivity contribution in [1.82, 2.24) is 0 Å². The second kappa shape index (κ2) is 9.45. The highest BCUT2D eigenvalue weighted by Gasteiger charge is 2.21. The number of amides is 1. The zero-order valence-electron chi connectivity index (χ0n) is 16.5. The number of anilines is 2. The van der Waals surface area contributed by atoms with Crippen LogP contribution in [0.2, 0.25) is 0 Å². The molecule has 1 N–H and O–H groups in total. The molecule has 8 heteroatoms. The summed E-state index contributed by atoms with van der Waals surface area (Å²) in [6.07, 6.45) is 1.12. The Balaban J connectivity index is 2.08. The Hall–Kier alpha value is -2.74. The summed E-state index contributed by atoms with van der Waals surface area (Å²) in [7, 11) is -3.64. The van der Waals surface area contributed by atoms with Gasteiger partial charge in [0, 0.05) is 5.69 Å². The second-order valence-electron chi connectivity index (χ2n) is 6.44. The third kappa shape index (κ3) is 6.45. The molecule has 28 heavy (non-hydrogen) atoms. The van der Waals surface area contributed by atoms with Gasteiger partial charge in [0.25, 0.3) is 0 Å². The summed E-state index contributed by atoms with van der Waals surface area (Å²) in [4.78, 5) is 12.4. The zero-order chi connectivity index (χ0) is 20.7. The molecule has 0 unspecified atom stereocenters. The summed E-state index contributed by atoms with van der Waals surface area (Å²) in [5, 5.41) is 2.70. The molecule has 0 spiro atoms. The molecule has 0 aliphatic carbocycles. The fraction of sp³-hybridized carbons (Fsp3) is 0.350. The van der Waals surface area contributed by atoms with Gasteiger partial charge < -0.3 is 14.8 Å². The van der Waals surface area contributed by atoms with Crippen LogP contribution in [-0.4, -0.2) is 39.8 Å². The third-order valence-electron chi connectivity index (χ3n) is 3.63. The van der Waals surface area contributed by atoms with Crippen LogP contribution < -0.4 is 19.1 Å². The molecular formula is C20H26N2O5S. The van der Waals surface area contributed by atoms with Crippen LogP contribution in [0.3, 0.4) is 0 Å². The van der Waals surface area contributed by atoms with Gasteiger partial charge in [-0.25, -0.2) is 8.42 Å². The zero-order valence-corrected chi connectivity index (χ0v) is 17.3. The van der Waals surface area contributed by atoms with Crippen LogP contribution in [0.5, 0.6) is 11.5 Å². The fourth-order valence-electron chi connectivity index (χ4n) is 2.50. The van der Waals surface area contributed by atoms with E-state index in [1.165, 1.54) is 0 Å². The predicted molar refractivity (Wildman–Crippen MR) is 111 cm³/mol. The van der Waals surface area contributed by atoms with Crippen molar-refractivity contribution < 1.29 is 22.7 Å². The number of hydrogen-bond donors (Lipinski definition) is 1. The van der Waals surface area contributed by atoms with E-state index in [9.17, 15) is 13.2 Å². The van der Waals surface area contributed by atoms with E-state index < -0.39 is 15.9 Å². The molecule has 0 aliphatic heterocycles. The summed E-state index contributed by atoms with van der Waals surface area (Å²) < 4.78 is 36.3. The Labute approximate surface area is 166 Å². The van der Waals surface area contributed by atoms with Gasteiger partial charge in [0.05, 0.1) is 24.7 Å². The van der Waals surface area contributed by atoms with Gasteiger partial charge >= 0.3 is 0 Å². The average molecular weight is 407 g/mol. The van der Waals surface area contributed by atoms with E-state index in [1.807, 2.05) is 20.8 Å². The van der Waals surface area contributed by atoms with Gasteiger partial charge in [0.1, 0.15) is 18.0 Å². The Morgan fingerprint density at radius 2 is 1.61 bits per heavy atom. The van der Waals surface area contributed by atoms with Crippen LogP contribution in [0.1, 0.15) is 20.8 Å². The molecule has 0 aromatic heterocycles. The SMILES string of the molecule is CCOc1ccc(N(CC(=O)Nc2ccc(OC(C)C)cc2)S(C)(=O)=O)cc1. The molecule has 0 fully saturated rings. The molecule has 0 atom stereocenters. The van der Waals surface area contributed by atoms with Gasteiger partial charge in [-0.05, 0) is 69.3 Å². The van der Waals surface area contributed by atoms with Crippen LogP contribution in [0, 0.1) is 0 Å². The Bertz CT molecular complexity index is 878. The number of sulfonamides is 1. The quantitative estimate of drug-likeness (QED) is 0.691. The van der Waals surface area contributed by atoms with Gasteiger partial charge in [-0.2, -0.15) is 0 Å². The molecule has 152 valence electrons. The van der Waals surface area contributed by atoms with E-state index in [0.717, 1.165) is 10.6 Å². The first-order valence-electron chi connectivity index (χ1n) is 8.96. The first-order valence-corrected chi connectivity index (χ1v) is 10.8. The molecule has 0 heterocycles. The van der Waals surface area contributed by atoms with Crippen molar-refractivity contribution in [3.63, 3.8) is 0 Å². The average Bonchev–Trinajstić information content (AvgIpc) is 2.61. The van der Waals surface area contributed by atoms with Crippen molar-refractivity contribution in [1.29, 1.82) is 0 Å². The van der Waals surface area contributed by atoms with Crippen molar-refractivity contribution in [2.45, 2.75) is 26.9 Å². The summed E-state index contributed by atoms with van der Waals surface area (Å²) in [5.41, 5.74) is 0.947. The topological polar surface area (TPSA) is 84.9 Å². The lowest BCUT2D eigenvalue weighted by Gasteiger charge is -2.22. The Morgan fingerprint density at radius 1 is 1.04 bits per heavy atom. The Kier molecular flexibility index (Phi) is 7.28. The van der Waals surface area contributed by atoms with Crippen molar-refractivity contribution in [3.05, 3.63) is 48.5 Å². The van der Waals surface area contributed by atoms with Gasteiger partial charge in [-0.3, -0.25) is 9.10 Å². The Morgan fingerprint density at radius 3 is 2.11 bits per heavy atom. The normalized spacial score (nSPS) is 11.2. The molecule has 2 aromatic rings. The van der Waals surface area contributed by atoms with Gasteiger partial charge in [-0.15, -0.1) is 0 Å². The van der Waals surface area contributed by atoms with Gasteiger partial charge in [0.2, 0.25) is 15.9 Å². The smallest absolute Gasteiger partial charge is 0.245 e. The highest BCUT2D eigenvalue weighted by Crippen LogP contribution is 2.22. The van der Waals surface area contributed by atoms with Crippen LogP contribution >= 0.6 is 0 Å². The number of carbonyl (C=O) groups excluding carboxylic acids is 1. The number of ether oxygens (including phenoxy) is 2. The van der Waals surface area contributed by atoms with Crippen molar-refractivity contribution >= 4 is 27.3 Å². The molecule has 1 amide bonds. The van der Waals surface area contributed by atoms with Crippen LogP contribution in [-0.2, 0) is 14.8 Å².